The number of fused-ring (bicyclic) bond motifs is 2. The molecule has 0 aromatic carbocycles. The molecule has 88 valence electrons. The molecule has 1 fully saturated rings. The summed E-state index contributed by atoms with van der Waals surface area (Å²) in [5.74, 6) is 3.01. The van der Waals surface area contributed by atoms with Crippen LogP contribution >= 0.6 is 0 Å². The molecule has 0 spiro atoms. The van der Waals surface area contributed by atoms with Crippen molar-refractivity contribution in [2.75, 3.05) is 0 Å². The van der Waals surface area contributed by atoms with Crippen molar-refractivity contribution < 1.29 is 4.42 Å². The van der Waals surface area contributed by atoms with Crippen LogP contribution in [0.15, 0.2) is 10.7 Å². The van der Waals surface area contributed by atoms with Crippen LogP contribution in [0.4, 0.5) is 0 Å². The van der Waals surface area contributed by atoms with Gasteiger partial charge in [-0.3, -0.25) is 0 Å². The molecule has 1 saturated carbocycles. The number of furan rings is 1. The molecule has 2 aliphatic rings. The van der Waals surface area contributed by atoms with Crippen molar-refractivity contribution in [3.05, 3.63) is 23.2 Å². The van der Waals surface area contributed by atoms with Gasteiger partial charge in [-0.05, 0) is 48.1 Å². The first-order valence-corrected chi connectivity index (χ1v) is 6.67. The second kappa shape index (κ2) is 3.38. The molecule has 1 aromatic rings. The van der Waals surface area contributed by atoms with Gasteiger partial charge in [0.1, 0.15) is 5.76 Å². The van der Waals surface area contributed by atoms with Crippen LogP contribution in [-0.4, -0.2) is 0 Å². The van der Waals surface area contributed by atoms with Gasteiger partial charge in [-0.2, -0.15) is 0 Å². The molecule has 0 bridgehead atoms. The highest BCUT2D eigenvalue weighted by atomic mass is 16.3. The van der Waals surface area contributed by atoms with Crippen LogP contribution in [0.2, 0.25) is 0 Å². The first-order valence-electron chi connectivity index (χ1n) is 6.67. The van der Waals surface area contributed by atoms with Crippen molar-refractivity contribution in [2.45, 2.75) is 52.9 Å². The molecule has 0 saturated heterocycles. The minimum absolute atomic E-state index is 0.528. The van der Waals surface area contributed by atoms with E-state index in [1.54, 1.807) is 0 Å². The van der Waals surface area contributed by atoms with Crippen LogP contribution in [-0.2, 0) is 12.8 Å². The van der Waals surface area contributed by atoms with Crippen LogP contribution in [0.25, 0.3) is 0 Å². The van der Waals surface area contributed by atoms with E-state index in [1.165, 1.54) is 49.0 Å². The Morgan fingerprint density at radius 3 is 3.00 bits per heavy atom. The largest absolute Gasteiger partial charge is 0.469 e. The summed E-state index contributed by atoms with van der Waals surface area (Å²) >= 11 is 0. The predicted molar refractivity (Wildman–Crippen MR) is 65.5 cm³/mol. The van der Waals surface area contributed by atoms with Gasteiger partial charge in [0.15, 0.2) is 0 Å². The summed E-state index contributed by atoms with van der Waals surface area (Å²) in [6, 6.07) is 0. The van der Waals surface area contributed by atoms with Gasteiger partial charge < -0.3 is 4.42 Å². The number of hydrogen-bond acceptors (Lipinski definition) is 1. The van der Waals surface area contributed by atoms with E-state index in [0.29, 0.717) is 5.41 Å². The Kier molecular flexibility index (Phi) is 2.21. The van der Waals surface area contributed by atoms with Gasteiger partial charge in [-0.25, -0.2) is 0 Å². The molecule has 0 aliphatic heterocycles. The molecule has 0 amide bonds. The summed E-state index contributed by atoms with van der Waals surface area (Å²) in [4.78, 5) is 0. The predicted octanol–water partition coefficient (Wildman–Crippen LogP) is 4.13. The third kappa shape index (κ3) is 1.30. The summed E-state index contributed by atoms with van der Waals surface area (Å²) in [7, 11) is 0. The topological polar surface area (TPSA) is 13.1 Å². The fourth-order valence-corrected chi connectivity index (χ4v) is 3.92. The molecule has 0 unspecified atom stereocenters. The minimum Gasteiger partial charge on any atom is -0.469 e. The average Bonchev–Trinajstić information content (AvgIpc) is 2.59. The van der Waals surface area contributed by atoms with Crippen molar-refractivity contribution in [2.24, 2.45) is 17.3 Å². The zero-order valence-corrected chi connectivity index (χ0v) is 10.7. The van der Waals surface area contributed by atoms with E-state index in [1.807, 2.05) is 6.26 Å². The lowest BCUT2D eigenvalue weighted by molar-refractivity contribution is 0.0371. The molecule has 1 aromatic heterocycles. The summed E-state index contributed by atoms with van der Waals surface area (Å²) in [6.07, 6.45) is 8.62. The minimum atomic E-state index is 0.528. The van der Waals surface area contributed by atoms with E-state index in [0.717, 1.165) is 11.8 Å². The fourth-order valence-electron chi connectivity index (χ4n) is 3.92. The summed E-state index contributed by atoms with van der Waals surface area (Å²) < 4.78 is 5.72. The molecule has 0 N–H and O–H groups in total. The Hall–Kier alpha value is -0.720. The van der Waals surface area contributed by atoms with Crippen molar-refractivity contribution >= 4 is 0 Å². The standard InChI is InChI=1S/C15H22O/c1-10-9-16-14-7-12-6-4-5-11(2)15(12,3)8-13(10)14/h9,11-12H,4-8H2,1-3H3/t11-,12-,15-/m0/s1. The molecule has 1 heteroatoms. The SMILES string of the molecule is Cc1coc2c1C[C@]1(C)[C@@H](CCC[C@@H]1C)C2. The lowest BCUT2D eigenvalue weighted by atomic mass is 9.56. The van der Waals surface area contributed by atoms with Gasteiger partial charge in [0.2, 0.25) is 0 Å². The Bertz CT molecular complexity index is 404. The van der Waals surface area contributed by atoms with Gasteiger partial charge >= 0.3 is 0 Å². The molecule has 1 heterocycles. The number of hydrogen-bond donors (Lipinski definition) is 0. The van der Waals surface area contributed by atoms with Gasteiger partial charge in [-0.15, -0.1) is 0 Å². The van der Waals surface area contributed by atoms with Crippen molar-refractivity contribution in [3.63, 3.8) is 0 Å². The number of aryl methyl sites for hydroxylation is 1. The van der Waals surface area contributed by atoms with E-state index >= 15 is 0 Å². The Morgan fingerprint density at radius 1 is 1.38 bits per heavy atom. The Morgan fingerprint density at radius 2 is 2.19 bits per heavy atom. The lowest BCUT2D eigenvalue weighted by Gasteiger charge is -2.49. The van der Waals surface area contributed by atoms with E-state index in [-0.39, 0.29) is 0 Å². The molecular weight excluding hydrogens is 196 g/mol. The maximum atomic E-state index is 5.72. The second-order valence-corrected chi connectivity index (χ2v) is 6.24. The normalized spacial score (nSPS) is 37.9. The van der Waals surface area contributed by atoms with Gasteiger partial charge in [0.25, 0.3) is 0 Å². The average molecular weight is 218 g/mol. The first kappa shape index (κ1) is 10.4. The smallest absolute Gasteiger partial charge is 0.107 e. The molecule has 3 atom stereocenters. The maximum absolute atomic E-state index is 5.72. The van der Waals surface area contributed by atoms with Crippen LogP contribution < -0.4 is 0 Å². The summed E-state index contributed by atoms with van der Waals surface area (Å²) in [5, 5.41) is 0. The summed E-state index contributed by atoms with van der Waals surface area (Å²) in [6.45, 7) is 7.16. The number of rotatable bonds is 0. The zero-order chi connectivity index (χ0) is 11.3. The van der Waals surface area contributed by atoms with Gasteiger partial charge in [0.05, 0.1) is 6.26 Å². The molecule has 3 rings (SSSR count). The lowest BCUT2D eigenvalue weighted by Crippen LogP contribution is -2.43. The highest BCUT2D eigenvalue weighted by molar-refractivity contribution is 5.32. The second-order valence-electron chi connectivity index (χ2n) is 6.24. The molecule has 16 heavy (non-hydrogen) atoms. The van der Waals surface area contributed by atoms with Crippen molar-refractivity contribution in [3.8, 4) is 0 Å². The van der Waals surface area contributed by atoms with Crippen LogP contribution in [0.1, 0.15) is 50.0 Å². The monoisotopic (exact) mass is 218 g/mol. The molecular formula is C15H22O. The zero-order valence-electron chi connectivity index (χ0n) is 10.7. The van der Waals surface area contributed by atoms with Gasteiger partial charge in [-0.1, -0.05) is 26.7 Å². The van der Waals surface area contributed by atoms with Crippen LogP contribution in [0.5, 0.6) is 0 Å². The van der Waals surface area contributed by atoms with E-state index in [2.05, 4.69) is 20.8 Å². The molecule has 0 radical (unpaired) electrons. The Labute approximate surface area is 98.2 Å². The van der Waals surface area contributed by atoms with Crippen molar-refractivity contribution in [1.29, 1.82) is 0 Å². The van der Waals surface area contributed by atoms with E-state index in [9.17, 15) is 0 Å². The van der Waals surface area contributed by atoms with Crippen molar-refractivity contribution in [1.82, 2.24) is 0 Å². The Balaban J connectivity index is 2.02. The fraction of sp³-hybridized carbons (Fsp3) is 0.733. The van der Waals surface area contributed by atoms with Crippen LogP contribution in [0, 0.1) is 24.2 Å². The van der Waals surface area contributed by atoms with E-state index in [4.69, 9.17) is 4.42 Å². The first-order chi connectivity index (χ1) is 7.61. The molecule has 1 nitrogen and oxygen atoms in total. The summed E-state index contributed by atoms with van der Waals surface area (Å²) in [5.41, 5.74) is 3.42. The molecule has 2 aliphatic carbocycles. The third-order valence-corrected chi connectivity index (χ3v) is 5.43. The highest BCUT2D eigenvalue weighted by Crippen LogP contribution is 2.52. The maximum Gasteiger partial charge on any atom is 0.107 e. The van der Waals surface area contributed by atoms with Gasteiger partial charge in [0, 0.05) is 6.42 Å². The quantitative estimate of drug-likeness (QED) is 0.638. The third-order valence-electron chi connectivity index (χ3n) is 5.43. The van der Waals surface area contributed by atoms with Crippen LogP contribution in [0.3, 0.4) is 0 Å². The highest BCUT2D eigenvalue weighted by Gasteiger charge is 2.45. The van der Waals surface area contributed by atoms with E-state index < -0.39 is 0 Å².